The van der Waals surface area contributed by atoms with Crippen molar-refractivity contribution in [1.82, 2.24) is 14.8 Å². The minimum Gasteiger partial charge on any atom is -0.366 e. The van der Waals surface area contributed by atoms with Gasteiger partial charge in [-0.2, -0.15) is 0 Å². The van der Waals surface area contributed by atoms with Crippen LogP contribution in [0.4, 0.5) is 5.69 Å². The highest BCUT2D eigenvalue weighted by molar-refractivity contribution is 7.99. The number of carbonyl (C=O) groups is 2. The van der Waals surface area contributed by atoms with Gasteiger partial charge in [-0.25, -0.2) is 0 Å². The number of hydrogen-bond acceptors (Lipinski definition) is 6. The Hall–Kier alpha value is -3.17. The lowest BCUT2D eigenvalue weighted by molar-refractivity contribution is -0.113. The Bertz CT molecular complexity index is 1210. The van der Waals surface area contributed by atoms with Crippen LogP contribution in [0.3, 0.4) is 0 Å². The number of thiophene rings is 1. The number of nitrogens with one attached hydrogen (secondary N) is 1. The summed E-state index contributed by atoms with van der Waals surface area (Å²) in [5, 5.41) is 15.1. The van der Waals surface area contributed by atoms with Crippen molar-refractivity contribution in [2.24, 2.45) is 12.8 Å². The topological polar surface area (TPSA) is 103 Å². The first-order valence-corrected chi connectivity index (χ1v) is 10.6. The first-order chi connectivity index (χ1) is 14.0. The van der Waals surface area contributed by atoms with E-state index in [1.807, 2.05) is 23.7 Å². The zero-order chi connectivity index (χ0) is 20.4. The van der Waals surface area contributed by atoms with Gasteiger partial charge in [-0.05, 0) is 18.2 Å². The quantitative estimate of drug-likeness (QED) is 0.462. The molecule has 0 aliphatic carbocycles. The largest absolute Gasteiger partial charge is 0.366 e. The maximum atomic E-state index is 12.3. The molecule has 4 rings (SSSR count). The molecule has 0 aliphatic heterocycles. The zero-order valence-corrected chi connectivity index (χ0v) is 17.1. The lowest BCUT2D eigenvalue weighted by Crippen LogP contribution is -2.19. The van der Waals surface area contributed by atoms with Crippen LogP contribution in [0.2, 0.25) is 0 Å². The first-order valence-electron chi connectivity index (χ1n) is 8.72. The lowest BCUT2D eigenvalue weighted by atomic mass is 10.1. The number of nitrogens with two attached hydrogens (primary N) is 1. The highest BCUT2D eigenvalue weighted by atomic mass is 32.2. The normalized spacial score (nSPS) is 10.9. The Balaban J connectivity index is 1.48. The van der Waals surface area contributed by atoms with Crippen molar-refractivity contribution < 1.29 is 9.59 Å². The fraction of sp³-hybridized carbons (Fsp3) is 0.100. The van der Waals surface area contributed by atoms with Gasteiger partial charge in [0.15, 0.2) is 11.0 Å². The molecule has 2 amide bonds. The van der Waals surface area contributed by atoms with Gasteiger partial charge in [-0.1, -0.05) is 42.1 Å². The summed E-state index contributed by atoms with van der Waals surface area (Å²) in [5.41, 5.74) is 7.04. The van der Waals surface area contributed by atoms with Gasteiger partial charge in [0.25, 0.3) is 5.91 Å². The molecule has 29 heavy (non-hydrogen) atoms. The summed E-state index contributed by atoms with van der Waals surface area (Å²) in [4.78, 5) is 23.8. The Labute approximate surface area is 174 Å². The van der Waals surface area contributed by atoms with Crippen molar-refractivity contribution in [3.63, 3.8) is 0 Å². The molecular weight excluding hydrogens is 406 g/mol. The summed E-state index contributed by atoms with van der Waals surface area (Å²) >= 11 is 2.94. The Morgan fingerprint density at radius 1 is 1.14 bits per heavy atom. The summed E-state index contributed by atoms with van der Waals surface area (Å²) in [5.74, 6) is 0.0388. The predicted octanol–water partition coefficient (Wildman–Crippen LogP) is 3.53. The molecule has 2 aromatic carbocycles. The van der Waals surface area contributed by atoms with Gasteiger partial charge in [-0.15, -0.1) is 21.5 Å². The summed E-state index contributed by atoms with van der Waals surface area (Å²) in [6.07, 6.45) is 0. The molecular formula is C20H17N5O2S2. The number of rotatable bonds is 6. The molecule has 0 bridgehead atoms. The number of amides is 2. The van der Waals surface area contributed by atoms with Gasteiger partial charge in [0.1, 0.15) is 0 Å². The molecule has 2 heterocycles. The van der Waals surface area contributed by atoms with Crippen molar-refractivity contribution in [3.8, 4) is 11.4 Å². The molecule has 0 radical (unpaired) electrons. The van der Waals surface area contributed by atoms with Gasteiger partial charge in [0.2, 0.25) is 5.91 Å². The molecule has 2 aromatic heterocycles. The summed E-state index contributed by atoms with van der Waals surface area (Å²) in [6.45, 7) is 0. The number of primary amides is 1. The highest BCUT2D eigenvalue weighted by Crippen LogP contribution is 2.33. The number of nitrogens with zero attached hydrogens (tertiary/aromatic N) is 3. The van der Waals surface area contributed by atoms with Crippen LogP contribution in [-0.4, -0.2) is 32.3 Å². The standard InChI is InChI=1S/C20H17N5O2S2/c1-25-19(14-10-28-16-9-5-3-6-12(14)16)23-24-20(25)29-11-17(26)22-15-8-4-2-7-13(15)18(21)27/h2-10H,11H2,1H3,(H2,21,27)(H,22,26). The molecule has 0 saturated heterocycles. The van der Waals surface area contributed by atoms with Crippen LogP contribution in [0.5, 0.6) is 0 Å². The Morgan fingerprint density at radius 2 is 1.90 bits per heavy atom. The fourth-order valence-electron chi connectivity index (χ4n) is 2.95. The fourth-order valence-corrected chi connectivity index (χ4v) is 4.60. The monoisotopic (exact) mass is 423 g/mol. The second kappa shape index (κ2) is 8.06. The molecule has 4 aromatic rings. The SMILES string of the molecule is Cn1c(SCC(=O)Nc2ccccc2C(N)=O)nnc1-c1csc2ccccc12. The molecule has 7 nitrogen and oxygen atoms in total. The lowest BCUT2D eigenvalue weighted by Gasteiger charge is -2.08. The van der Waals surface area contributed by atoms with Crippen molar-refractivity contribution >= 4 is 50.7 Å². The maximum Gasteiger partial charge on any atom is 0.250 e. The number of thioether (sulfide) groups is 1. The van der Waals surface area contributed by atoms with Crippen LogP contribution in [0.25, 0.3) is 21.5 Å². The van der Waals surface area contributed by atoms with Crippen molar-refractivity contribution in [1.29, 1.82) is 0 Å². The number of hydrogen-bond donors (Lipinski definition) is 2. The molecule has 0 saturated carbocycles. The summed E-state index contributed by atoms with van der Waals surface area (Å²) in [6, 6.07) is 14.8. The van der Waals surface area contributed by atoms with Crippen LogP contribution >= 0.6 is 23.1 Å². The van der Waals surface area contributed by atoms with Crippen LogP contribution in [-0.2, 0) is 11.8 Å². The maximum absolute atomic E-state index is 12.3. The van der Waals surface area contributed by atoms with E-state index in [4.69, 9.17) is 5.73 Å². The first kappa shape index (κ1) is 19.2. The third-order valence-corrected chi connectivity index (χ3v) is 6.34. The van der Waals surface area contributed by atoms with Crippen LogP contribution in [0, 0.1) is 0 Å². The van der Waals surface area contributed by atoms with E-state index in [-0.39, 0.29) is 17.2 Å². The predicted molar refractivity (Wildman–Crippen MR) is 116 cm³/mol. The van der Waals surface area contributed by atoms with Gasteiger partial charge < -0.3 is 15.6 Å². The van der Waals surface area contributed by atoms with Crippen molar-refractivity contribution in [2.45, 2.75) is 5.16 Å². The molecule has 9 heteroatoms. The summed E-state index contributed by atoms with van der Waals surface area (Å²) < 4.78 is 3.07. The number of aromatic nitrogens is 3. The van der Waals surface area contributed by atoms with E-state index in [9.17, 15) is 9.59 Å². The van der Waals surface area contributed by atoms with E-state index >= 15 is 0 Å². The van der Waals surface area contributed by atoms with Crippen LogP contribution in [0.15, 0.2) is 59.1 Å². The van der Waals surface area contributed by atoms with E-state index in [0.29, 0.717) is 10.8 Å². The number of carbonyl (C=O) groups excluding carboxylic acids is 2. The van der Waals surface area contributed by atoms with E-state index in [1.165, 1.54) is 16.5 Å². The number of para-hydroxylation sites is 1. The zero-order valence-electron chi connectivity index (χ0n) is 15.5. The molecule has 0 aliphatic rings. The molecule has 146 valence electrons. The Kier molecular flexibility index (Phi) is 5.32. The van der Waals surface area contributed by atoms with E-state index in [2.05, 4.69) is 33.0 Å². The van der Waals surface area contributed by atoms with Crippen molar-refractivity contribution in [2.75, 3.05) is 11.1 Å². The minimum atomic E-state index is -0.588. The average molecular weight is 424 g/mol. The molecule has 3 N–H and O–H groups in total. The van der Waals surface area contributed by atoms with Gasteiger partial charge in [-0.3, -0.25) is 9.59 Å². The van der Waals surface area contributed by atoms with Crippen molar-refractivity contribution in [3.05, 3.63) is 59.5 Å². The average Bonchev–Trinajstić information content (AvgIpc) is 3.30. The molecule has 0 atom stereocenters. The third kappa shape index (κ3) is 3.87. The molecule has 0 spiro atoms. The van der Waals surface area contributed by atoms with Gasteiger partial charge in [0.05, 0.1) is 17.0 Å². The van der Waals surface area contributed by atoms with E-state index in [0.717, 1.165) is 16.8 Å². The molecule has 0 fully saturated rings. The third-order valence-electron chi connectivity index (χ3n) is 4.36. The number of anilines is 1. The van der Waals surface area contributed by atoms with E-state index in [1.54, 1.807) is 35.6 Å². The van der Waals surface area contributed by atoms with E-state index < -0.39 is 5.91 Å². The minimum absolute atomic E-state index is 0.128. The Morgan fingerprint density at radius 3 is 2.72 bits per heavy atom. The summed E-state index contributed by atoms with van der Waals surface area (Å²) in [7, 11) is 1.88. The van der Waals surface area contributed by atoms with Gasteiger partial charge in [0, 0.05) is 28.1 Å². The highest BCUT2D eigenvalue weighted by Gasteiger charge is 2.16. The van der Waals surface area contributed by atoms with Crippen LogP contribution in [0.1, 0.15) is 10.4 Å². The smallest absolute Gasteiger partial charge is 0.250 e. The van der Waals surface area contributed by atoms with Crippen LogP contribution < -0.4 is 11.1 Å². The van der Waals surface area contributed by atoms with Gasteiger partial charge >= 0.3 is 0 Å². The second-order valence-electron chi connectivity index (χ2n) is 6.26. The second-order valence-corrected chi connectivity index (χ2v) is 8.11. The number of benzene rings is 2. The molecule has 0 unspecified atom stereocenters. The number of fused-ring (bicyclic) bond motifs is 1.